The number of aromatic nitrogens is 2. The van der Waals surface area contributed by atoms with Crippen LogP contribution in [0.15, 0.2) is 36.7 Å². The third-order valence-electron chi connectivity index (χ3n) is 3.09. The SMILES string of the molecule is COCCc1ccccc1NCc1cnn(CCO)c1. The first-order valence-corrected chi connectivity index (χ1v) is 6.76. The molecule has 0 radical (unpaired) electrons. The van der Waals surface area contributed by atoms with E-state index in [0.717, 1.165) is 24.2 Å². The molecule has 1 aromatic carbocycles. The quantitative estimate of drug-likeness (QED) is 0.769. The van der Waals surface area contributed by atoms with Crippen LogP contribution >= 0.6 is 0 Å². The maximum Gasteiger partial charge on any atom is 0.0640 e. The second kappa shape index (κ2) is 7.67. The van der Waals surface area contributed by atoms with Crippen LogP contribution < -0.4 is 5.32 Å². The van der Waals surface area contributed by atoms with Crippen molar-refractivity contribution >= 4 is 5.69 Å². The molecule has 20 heavy (non-hydrogen) atoms. The largest absolute Gasteiger partial charge is 0.394 e. The maximum absolute atomic E-state index is 8.87. The number of nitrogens with zero attached hydrogens (tertiary/aromatic N) is 2. The molecular weight excluding hydrogens is 254 g/mol. The van der Waals surface area contributed by atoms with Gasteiger partial charge in [-0.2, -0.15) is 5.10 Å². The van der Waals surface area contributed by atoms with Gasteiger partial charge >= 0.3 is 0 Å². The van der Waals surface area contributed by atoms with Crippen molar-refractivity contribution in [1.82, 2.24) is 9.78 Å². The van der Waals surface area contributed by atoms with Crippen molar-refractivity contribution in [2.24, 2.45) is 0 Å². The molecule has 1 aromatic heterocycles. The summed E-state index contributed by atoms with van der Waals surface area (Å²) < 4.78 is 6.87. The summed E-state index contributed by atoms with van der Waals surface area (Å²) >= 11 is 0. The zero-order valence-electron chi connectivity index (χ0n) is 11.7. The molecule has 108 valence electrons. The number of benzene rings is 1. The molecule has 1 heterocycles. The molecule has 0 bridgehead atoms. The summed E-state index contributed by atoms with van der Waals surface area (Å²) in [6.07, 6.45) is 4.66. The topological polar surface area (TPSA) is 59.3 Å². The van der Waals surface area contributed by atoms with E-state index in [-0.39, 0.29) is 6.61 Å². The Morgan fingerprint density at radius 2 is 2.20 bits per heavy atom. The van der Waals surface area contributed by atoms with Crippen molar-refractivity contribution in [3.05, 3.63) is 47.8 Å². The summed E-state index contributed by atoms with van der Waals surface area (Å²) in [6, 6.07) is 8.24. The van der Waals surface area contributed by atoms with Gasteiger partial charge in [0.25, 0.3) is 0 Å². The van der Waals surface area contributed by atoms with E-state index in [2.05, 4.69) is 22.5 Å². The van der Waals surface area contributed by atoms with E-state index in [1.54, 1.807) is 11.8 Å². The van der Waals surface area contributed by atoms with Crippen LogP contribution in [0, 0.1) is 0 Å². The maximum atomic E-state index is 8.87. The van der Waals surface area contributed by atoms with Crippen molar-refractivity contribution in [2.45, 2.75) is 19.5 Å². The van der Waals surface area contributed by atoms with Gasteiger partial charge in [-0.05, 0) is 18.1 Å². The molecule has 2 rings (SSSR count). The molecule has 0 amide bonds. The number of aliphatic hydroxyl groups is 1. The highest BCUT2D eigenvalue weighted by Gasteiger charge is 2.03. The summed E-state index contributed by atoms with van der Waals surface area (Å²) in [5, 5.41) is 16.5. The third kappa shape index (κ3) is 4.08. The number of nitrogens with one attached hydrogen (secondary N) is 1. The van der Waals surface area contributed by atoms with Crippen LogP contribution in [0.5, 0.6) is 0 Å². The van der Waals surface area contributed by atoms with Crippen molar-refractivity contribution in [3.63, 3.8) is 0 Å². The van der Waals surface area contributed by atoms with Crippen LogP contribution in [0.4, 0.5) is 5.69 Å². The molecular formula is C15H21N3O2. The molecule has 5 nitrogen and oxygen atoms in total. The number of para-hydroxylation sites is 1. The molecule has 0 aliphatic rings. The minimum absolute atomic E-state index is 0.106. The summed E-state index contributed by atoms with van der Waals surface area (Å²) in [5.74, 6) is 0. The lowest BCUT2D eigenvalue weighted by atomic mass is 10.1. The Balaban J connectivity index is 1.95. The van der Waals surface area contributed by atoms with Gasteiger partial charge in [0.2, 0.25) is 0 Å². The molecule has 0 unspecified atom stereocenters. The Labute approximate surface area is 119 Å². The van der Waals surface area contributed by atoms with Crippen LogP contribution in [0.1, 0.15) is 11.1 Å². The summed E-state index contributed by atoms with van der Waals surface area (Å²) in [6.45, 7) is 2.07. The van der Waals surface area contributed by atoms with E-state index >= 15 is 0 Å². The molecule has 0 aliphatic carbocycles. The van der Waals surface area contributed by atoms with Crippen molar-refractivity contribution < 1.29 is 9.84 Å². The molecule has 0 spiro atoms. The molecule has 0 fully saturated rings. The lowest BCUT2D eigenvalue weighted by Gasteiger charge is -2.11. The second-order valence-corrected chi connectivity index (χ2v) is 4.59. The van der Waals surface area contributed by atoms with Crippen LogP contribution in [0.2, 0.25) is 0 Å². The van der Waals surface area contributed by atoms with E-state index in [9.17, 15) is 0 Å². The van der Waals surface area contributed by atoms with Crippen LogP contribution in [0.25, 0.3) is 0 Å². The average molecular weight is 275 g/mol. The summed E-state index contributed by atoms with van der Waals surface area (Å²) in [5.41, 5.74) is 3.47. The van der Waals surface area contributed by atoms with Gasteiger partial charge in [-0.25, -0.2) is 0 Å². The Morgan fingerprint density at radius 1 is 1.35 bits per heavy atom. The normalized spacial score (nSPS) is 10.7. The summed E-state index contributed by atoms with van der Waals surface area (Å²) in [7, 11) is 1.71. The lowest BCUT2D eigenvalue weighted by Crippen LogP contribution is -2.04. The average Bonchev–Trinajstić information content (AvgIpc) is 2.92. The number of hydrogen-bond acceptors (Lipinski definition) is 4. The van der Waals surface area contributed by atoms with Crippen LogP contribution in [-0.2, 0) is 24.2 Å². The first-order valence-electron chi connectivity index (χ1n) is 6.76. The predicted molar refractivity (Wildman–Crippen MR) is 78.7 cm³/mol. The Morgan fingerprint density at radius 3 is 3.00 bits per heavy atom. The highest BCUT2D eigenvalue weighted by atomic mass is 16.5. The smallest absolute Gasteiger partial charge is 0.0640 e. The Bertz CT molecular complexity index is 525. The highest BCUT2D eigenvalue weighted by molar-refractivity contribution is 5.51. The fourth-order valence-corrected chi connectivity index (χ4v) is 2.04. The molecule has 0 saturated heterocycles. The number of hydrogen-bond donors (Lipinski definition) is 2. The number of aliphatic hydroxyl groups excluding tert-OH is 1. The lowest BCUT2D eigenvalue weighted by molar-refractivity contribution is 0.202. The van der Waals surface area contributed by atoms with Crippen LogP contribution in [-0.4, -0.2) is 35.2 Å². The third-order valence-corrected chi connectivity index (χ3v) is 3.09. The molecule has 2 aromatic rings. The van der Waals surface area contributed by atoms with Gasteiger partial charge < -0.3 is 15.2 Å². The minimum Gasteiger partial charge on any atom is -0.394 e. The van der Waals surface area contributed by atoms with Crippen molar-refractivity contribution in [2.75, 3.05) is 25.6 Å². The fourth-order valence-electron chi connectivity index (χ4n) is 2.04. The van der Waals surface area contributed by atoms with Gasteiger partial charge in [-0.15, -0.1) is 0 Å². The van der Waals surface area contributed by atoms with E-state index in [1.165, 1.54) is 5.56 Å². The second-order valence-electron chi connectivity index (χ2n) is 4.59. The van der Waals surface area contributed by atoms with E-state index in [4.69, 9.17) is 9.84 Å². The van der Waals surface area contributed by atoms with Gasteiger partial charge in [-0.3, -0.25) is 4.68 Å². The zero-order chi connectivity index (χ0) is 14.2. The molecule has 5 heteroatoms. The number of anilines is 1. The molecule has 2 N–H and O–H groups in total. The van der Waals surface area contributed by atoms with E-state index < -0.39 is 0 Å². The van der Waals surface area contributed by atoms with Crippen LogP contribution in [0.3, 0.4) is 0 Å². The molecule has 0 aliphatic heterocycles. The van der Waals surface area contributed by atoms with Crippen molar-refractivity contribution in [3.8, 4) is 0 Å². The predicted octanol–water partition coefficient (Wildman–Crippen LogP) is 1.68. The number of methoxy groups -OCH3 is 1. The zero-order valence-corrected chi connectivity index (χ0v) is 11.7. The first kappa shape index (κ1) is 14.6. The number of ether oxygens (including phenoxy) is 1. The van der Waals surface area contributed by atoms with E-state index in [1.807, 2.05) is 24.5 Å². The standard InChI is InChI=1S/C15H21N3O2/c1-20-9-6-14-4-2-3-5-15(14)16-10-13-11-17-18(12-13)7-8-19/h2-5,11-12,16,19H,6-10H2,1H3. The highest BCUT2D eigenvalue weighted by Crippen LogP contribution is 2.16. The monoisotopic (exact) mass is 275 g/mol. The first-order chi connectivity index (χ1) is 9.83. The van der Waals surface area contributed by atoms with Gasteiger partial charge in [-0.1, -0.05) is 18.2 Å². The Hall–Kier alpha value is -1.85. The van der Waals surface area contributed by atoms with Crippen molar-refractivity contribution in [1.29, 1.82) is 0 Å². The van der Waals surface area contributed by atoms with Gasteiger partial charge in [0.15, 0.2) is 0 Å². The van der Waals surface area contributed by atoms with Gasteiger partial charge in [0.05, 0.1) is 26.0 Å². The minimum atomic E-state index is 0.106. The summed E-state index contributed by atoms with van der Waals surface area (Å²) in [4.78, 5) is 0. The van der Waals surface area contributed by atoms with Gasteiger partial charge in [0.1, 0.15) is 0 Å². The number of rotatable bonds is 8. The van der Waals surface area contributed by atoms with Gasteiger partial charge in [0, 0.05) is 31.1 Å². The molecule has 0 atom stereocenters. The fraction of sp³-hybridized carbons (Fsp3) is 0.400. The Kier molecular flexibility index (Phi) is 5.58. The molecule has 0 saturated carbocycles. The van der Waals surface area contributed by atoms with E-state index in [0.29, 0.717) is 13.2 Å².